The van der Waals surface area contributed by atoms with Gasteiger partial charge >= 0.3 is 0 Å². The highest BCUT2D eigenvalue weighted by atomic mass is 15.1. The second-order valence-corrected chi connectivity index (χ2v) is 5.69. The lowest BCUT2D eigenvalue weighted by Crippen LogP contribution is -2.14. The number of hydrogen-bond donors (Lipinski definition) is 0. The van der Waals surface area contributed by atoms with Crippen LogP contribution in [0.25, 0.3) is 0 Å². The number of rotatable bonds is 4. The summed E-state index contributed by atoms with van der Waals surface area (Å²) in [5.74, 6) is 6.45. The van der Waals surface area contributed by atoms with Gasteiger partial charge in [0, 0.05) is 30.2 Å². The van der Waals surface area contributed by atoms with E-state index in [1.807, 2.05) is 36.4 Å². The third-order valence-electron chi connectivity index (χ3n) is 4.01. The van der Waals surface area contributed by atoms with Gasteiger partial charge in [0.1, 0.15) is 5.69 Å². The topological polar surface area (TPSA) is 16.1 Å². The molecule has 0 atom stereocenters. The Labute approximate surface area is 145 Å². The Morgan fingerprint density at radius 3 is 2.42 bits per heavy atom. The number of benzene rings is 1. The van der Waals surface area contributed by atoms with Crippen LogP contribution in [-0.2, 0) is 0 Å². The summed E-state index contributed by atoms with van der Waals surface area (Å²) in [7, 11) is 2.08. The van der Waals surface area contributed by atoms with E-state index in [9.17, 15) is 0 Å². The lowest BCUT2D eigenvalue weighted by atomic mass is 10.1. The number of allylic oxidation sites excluding steroid dienone is 4. The van der Waals surface area contributed by atoms with Gasteiger partial charge in [0.2, 0.25) is 0 Å². The van der Waals surface area contributed by atoms with Crippen LogP contribution >= 0.6 is 0 Å². The molecule has 122 valence electrons. The van der Waals surface area contributed by atoms with E-state index in [0.717, 1.165) is 29.1 Å². The molecule has 0 aliphatic rings. The maximum Gasteiger partial charge on any atom is 0.113 e. The first-order valence-corrected chi connectivity index (χ1v) is 8.21. The Morgan fingerprint density at radius 1 is 1.08 bits per heavy atom. The average molecular weight is 316 g/mol. The van der Waals surface area contributed by atoms with E-state index in [1.54, 1.807) is 6.20 Å². The summed E-state index contributed by atoms with van der Waals surface area (Å²) in [6, 6.07) is 16.1. The van der Waals surface area contributed by atoms with Crippen LogP contribution < -0.4 is 4.90 Å². The highest BCUT2D eigenvalue weighted by Crippen LogP contribution is 2.19. The summed E-state index contributed by atoms with van der Waals surface area (Å²) in [5, 5.41) is 0. The molecule has 2 heteroatoms. The van der Waals surface area contributed by atoms with Crippen molar-refractivity contribution in [2.75, 3.05) is 11.9 Å². The van der Waals surface area contributed by atoms with Crippen LogP contribution in [-0.4, -0.2) is 12.0 Å². The third-order valence-corrected chi connectivity index (χ3v) is 4.01. The van der Waals surface area contributed by atoms with Gasteiger partial charge in [-0.3, -0.25) is 0 Å². The highest BCUT2D eigenvalue weighted by Gasteiger charge is 2.03. The molecule has 2 rings (SSSR count). The second kappa shape index (κ2) is 8.74. The minimum Gasteiger partial charge on any atom is -0.348 e. The molecule has 1 aromatic carbocycles. The molecule has 1 heterocycles. The zero-order valence-electron chi connectivity index (χ0n) is 14.9. The fourth-order valence-electron chi connectivity index (χ4n) is 2.19. The van der Waals surface area contributed by atoms with Gasteiger partial charge in [-0.1, -0.05) is 42.7 Å². The number of hydrogen-bond acceptors (Lipinski definition) is 2. The number of aromatic nitrogens is 1. The molecule has 0 aliphatic carbocycles. The Balaban J connectivity index is 2.31. The first-order chi connectivity index (χ1) is 11.6. The van der Waals surface area contributed by atoms with Crippen molar-refractivity contribution >= 4 is 5.69 Å². The SMILES string of the molecule is CC/C(C)=C(C#Cc1ccccn1)\C=C(\C)N(C)c1ccccc1. The Morgan fingerprint density at radius 2 is 1.79 bits per heavy atom. The van der Waals surface area contributed by atoms with Gasteiger partial charge < -0.3 is 4.90 Å². The van der Waals surface area contributed by atoms with Gasteiger partial charge in [-0.15, -0.1) is 0 Å². The first kappa shape index (κ1) is 17.6. The molecule has 0 N–H and O–H groups in total. The molecule has 0 spiro atoms. The van der Waals surface area contributed by atoms with E-state index in [0.29, 0.717) is 0 Å². The second-order valence-electron chi connectivity index (χ2n) is 5.69. The van der Waals surface area contributed by atoms with Crippen molar-refractivity contribution in [2.24, 2.45) is 0 Å². The number of anilines is 1. The van der Waals surface area contributed by atoms with Gasteiger partial charge in [0.15, 0.2) is 0 Å². The summed E-state index contributed by atoms with van der Waals surface area (Å²) in [4.78, 5) is 6.44. The van der Waals surface area contributed by atoms with Crippen LogP contribution in [0.4, 0.5) is 5.69 Å². The Kier molecular flexibility index (Phi) is 6.40. The zero-order valence-corrected chi connectivity index (χ0v) is 14.9. The molecular weight excluding hydrogens is 292 g/mol. The molecule has 0 radical (unpaired) electrons. The van der Waals surface area contributed by atoms with Crippen molar-refractivity contribution in [3.05, 3.63) is 83.3 Å². The summed E-state index contributed by atoms with van der Waals surface area (Å²) in [6.07, 6.45) is 4.90. The molecule has 0 saturated carbocycles. The Hall–Kier alpha value is -2.79. The lowest BCUT2D eigenvalue weighted by Gasteiger charge is -2.20. The molecule has 0 saturated heterocycles. The van der Waals surface area contributed by atoms with E-state index in [4.69, 9.17) is 0 Å². The van der Waals surface area contributed by atoms with Crippen molar-refractivity contribution in [3.63, 3.8) is 0 Å². The largest absolute Gasteiger partial charge is 0.348 e. The average Bonchev–Trinajstić information content (AvgIpc) is 2.65. The van der Waals surface area contributed by atoms with Crippen LogP contribution in [0.1, 0.15) is 32.9 Å². The van der Waals surface area contributed by atoms with Crippen LogP contribution in [0, 0.1) is 11.8 Å². The minimum atomic E-state index is 0.793. The molecular formula is C22H24N2. The predicted octanol–water partition coefficient (Wildman–Crippen LogP) is 5.20. The molecule has 1 aromatic heterocycles. The van der Waals surface area contributed by atoms with E-state index in [2.05, 4.69) is 67.8 Å². The van der Waals surface area contributed by atoms with E-state index < -0.39 is 0 Å². The standard InChI is InChI=1S/C22H24N2/c1-5-18(2)20(14-15-21-11-9-10-16-23-21)17-19(3)24(4)22-12-7-6-8-13-22/h6-13,16-17H,5H2,1-4H3/b19-17-,20-18-. The predicted molar refractivity (Wildman–Crippen MR) is 103 cm³/mol. The Bertz CT molecular complexity index is 775. The number of para-hydroxylation sites is 1. The monoisotopic (exact) mass is 316 g/mol. The normalized spacial score (nSPS) is 12.1. The minimum absolute atomic E-state index is 0.793. The van der Waals surface area contributed by atoms with Crippen molar-refractivity contribution < 1.29 is 0 Å². The molecule has 2 nitrogen and oxygen atoms in total. The molecule has 0 amide bonds. The zero-order chi connectivity index (χ0) is 17.4. The summed E-state index contributed by atoms with van der Waals surface area (Å²) in [6.45, 7) is 6.40. The molecule has 0 bridgehead atoms. The van der Waals surface area contributed by atoms with Crippen LogP contribution in [0.5, 0.6) is 0 Å². The van der Waals surface area contributed by atoms with Gasteiger partial charge in [0.05, 0.1) is 0 Å². The fraction of sp³-hybridized carbons (Fsp3) is 0.227. The van der Waals surface area contributed by atoms with E-state index in [-0.39, 0.29) is 0 Å². The van der Waals surface area contributed by atoms with Gasteiger partial charge in [-0.2, -0.15) is 0 Å². The van der Waals surface area contributed by atoms with Crippen molar-refractivity contribution in [2.45, 2.75) is 27.2 Å². The highest BCUT2D eigenvalue weighted by molar-refractivity contribution is 5.54. The molecule has 0 aliphatic heterocycles. The smallest absolute Gasteiger partial charge is 0.113 e. The summed E-state index contributed by atoms with van der Waals surface area (Å²) in [5.41, 5.74) is 5.45. The third kappa shape index (κ3) is 4.86. The van der Waals surface area contributed by atoms with Gasteiger partial charge in [-0.05, 0) is 56.5 Å². The van der Waals surface area contributed by atoms with Crippen LogP contribution in [0.2, 0.25) is 0 Å². The molecule has 2 aromatic rings. The van der Waals surface area contributed by atoms with Crippen LogP contribution in [0.15, 0.2) is 77.6 Å². The molecule has 0 fully saturated rings. The van der Waals surface area contributed by atoms with Gasteiger partial charge in [-0.25, -0.2) is 4.98 Å². The van der Waals surface area contributed by atoms with E-state index >= 15 is 0 Å². The van der Waals surface area contributed by atoms with Crippen LogP contribution in [0.3, 0.4) is 0 Å². The van der Waals surface area contributed by atoms with Gasteiger partial charge in [0.25, 0.3) is 0 Å². The van der Waals surface area contributed by atoms with Crippen molar-refractivity contribution in [1.82, 2.24) is 4.98 Å². The summed E-state index contributed by atoms with van der Waals surface area (Å²) < 4.78 is 0. The molecule has 0 unspecified atom stereocenters. The van der Waals surface area contributed by atoms with Crippen molar-refractivity contribution in [3.8, 4) is 11.8 Å². The lowest BCUT2D eigenvalue weighted by molar-refractivity contribution is 1.06. The van der Waals surface area contributed by atoms with Crippen molar-refractivity contribution in [1.29, 1.82) is 0 Å². The maximum atomic E-state index is 4.27. The fourth-order valence-corrected chi connectivity index (χ4v) is 2.19. The van der Waals surface area contributed by atoms with E-state index in [1.165, 1.54) is 5.57 Å². The quantitative estimate of drug-likeness (QED) is 0.569. The number of pyridine rings is 1. The first-order valence-electron chi connectivity index (χ1n) is 8.21. The number of nitrogens with zero attached hydrogens (tertiary/aromatic N) is 2. The summed E-state index contributed by atoms with van der Waals surface area (Å²) >= 11 is 0. The maximum absolute atomic E-state index is 4.27. The molecule has 24 heavy (non-hydrogen) atoms.